The van der Waals surface area contributed by atoms with Crippen molar-refractivity contribution in [2.24, 2.45) is 0 Å². The van der Waals surface area contributed by atoms with Crippen LogP contribution in [0.1, 0.15) is 19.5 Å². The number of thioether (sulfide) groups is 1. The number of ether oxygens (including phenoxy) is 1. The Hall–Kier alpha value is -1.90. The van der Waals surface area contributed by atoms with E-state index in [1.807, 2.05) is 41.8 Å². The monoisotopic (exact) mass is 478 g/mol. The standard InChI is InChI=1S/C20H19BrN2O3S2/c1-20(2,18(24)25)28-19-23-16(12-27-19)9-10-26-17-8-5-14(11-22-17)13-3-6-15(21)7-4-13/h3-8,11-12H,9-10H2,1-2H3,(H,24,25). The molecule has 1 aromatic carbocycles. The number of thiazole rings is 1. The van der Waals surface area contributed by atoms with E-state index in [4.69, 9.17) is 4.74 Å². The van der Waals surface area contributed by atoms with Crippen molar-refractivity contribution in [1.82, 2.24) is 9.97 Å². The number of hydrogen-bond donors (Lipinski definition) is 1. The van der Waals surface area contributed by atoms with Crippen LogP contribution < -0.4 is 4.74 Å². The molecule has 0 radical (unpaired) electrons. The molecular formula is C20H19BrN2O3S2. The maximum atomic E-state index is 11.2. The fraction of sp³-hybridized carbons (Fsp3) is 0.250. The number of nitrogens with zero attached hydrogens (tertiary/aromatic N) is 2. The summed E-state index contributed by atoms with van der Waals surface area (Å²) in [5, 5.41) is 11.1. The van der Waals surface area contributed by atoms with E-state index >= 15 is 0 Å². The molecule has 0 aliphatic carbocycles. The highest BCUT2D eigenvalue weighted by molar-refractivity contribution is 9.10. The number of pyridine rings is 1. The van der Waals surface area contributed by atoms with Crippen molar-refractivity contribution in [3.63, 3.8) is 0 Å². The molecule has 0 aliphatic heterocycles. The molecule has 3 rings (SSSR count). The van der Waals surface area contributed by atoms with E-state index in [9.17, 15) is 9.90 Å². The largest absolute Gasteiger partial charge is 0.480 e. The molecule has 146 valence electrons. The summed E-state index contributed by atoms with van der Waals surface area (Å²) >= 11 is 6.14. The van der Waals surface area contributed by atoms with Crippen molar-refractivity contribution in [2.45, 2.75) is 29.4 Å². The molecule has 0 amide bonds. The lowest BCUT2D eigenvalue weighted by Crippen LogP contribution is -2.26. The molecule has 0 unspecified atom stereocenters. The molecule has 3 aromatic rings. The third-order valence-electron chi connectivity index (χ3n) is 3.91. The molecule has 0 bridgehead atoms. The zero-order valence-electron chi connectivity index (χ0n) is 15.4. The van der Waals surface area contributed by atoms with Gasteiger partial charge in [0.05, 0.1) is 12.3 Å². The Kier molecular flexibility index (Phi) is 6.74. The first-order chi connectivity index (χ1) is 13.3. The predicted molar refractivity (Wildman–Crippen MR) is 116 cm³/mol. The first-order valence-electron chi connectivity index (χ1n) is 8.55. The Morgan fingerprint density at radius 2 is 1.93 bits per heavy atom. The summed E-state index contributed by atoms with van der Waals surface area (Å²) in [6, 6.07) is 11.9. The zero-order chi connectivity index (χ0) is 20.1. The summed E-state index contributed by atoms with van der Waals surface area (Å²) in [6.07, 6.45) is 2.44. The molecule has 2 heterocycles. The van der Waals surface area contributed by atoms with Gasteiger partial charge < -0.3 is 9.84 Å². The predicted octanol–water partition coefficient (Wildman–Crippen LogP) is 5.54. The van der Waals surface area contributed by atoms with Gasteiger partial charge >= 0.3 is 5.97 Å². The van der Waals surface area contributed by atoms with E-state index < -0.39 is 10.7 Å². The Labute approximate surface area is 180 Å². The van der Waals surface area contributed by atoms with Gasteiger partial charge in [-0.05, 0) is 37.6 Å². The normalized spacial score (nSPS) is 11.4. The molecule has 8 heteroatoms. The van der Waals surface area contributed by atoms with Crippen LogP contribution in [0.4, 0.5) is 0 Å². The minimum absolute atomic E-state index is 0.459. The number of carboxylic acid groups (broad SMARTS) is 1. The van der Waals surface area contributed by atoms with Gasteiger partial charge in [-0.25, -0.2) is 9.97 Å². The SMILES string of the molecule is CC(C)(Sc1nc(CCOc2ccc(-c3ccc(Br)cc3)cn2)cs1)C(=O)O. The van der Waals surface area contributed by atoms with Crippen molar-refractivity contribution in [2.75, 3.05) is 6.61 Å². The highest BCUT2D eigenvalue weighted by Gasteiger charge is 2.29. The van der Waals surface area contributed by atoms with Gasteiger partial charge in [0, 0.05) is 34.1 Å². The van der Waals surface area contributed by atoms with Crippen LogP contribution in [0.25, 0.3) is 11.1 Å². The zero-order valence-corrected chi connectivity index (χ0v) is 18.6. The number of benzene rings is 1. The molecule has 0 atom stereocenters. The fourth-order valence-electron chi connectivity index (χ4n) is 2.25. The van der Waals surface area contributed by atoms with E-state index in [-0.39, 0.29) is 0 Å². The fourth-order valence-corrected chi connectivity index (χ4v) is 4.74. The summed E-state index contributed by atoms with van der Waals surface area (Å²) in [5.41, 5.74) is 3.02. The van der Waals surface area contributed by atoms with Gasteiger partial charge in [0.25, 0.3) is 0 Å². The summed E-state index contributed by atoms with van der Waals surface area (Å²) in [7, 11) is 0. The Morgan fingerprint density at radius 3 is 2.57 bits per heavy atom. The van der Waals surface area contributed by atoms with Crippen molar-refractivity contribution >= 4 is 45.0 Å². The molecule has 0 saturated heterocycles. The van der Waals surface area contributed by atoms with E-state index in [1.54, 1.807) is 20.0 Å². The molecule has 0 spiro atoms. The summed E-state index contributed by atoms with van der Waals surface area (Å²) in [5.74, 6) is -0.284. The molecule has 28 heavy (non-hydrogen) atoms. The first kappa shape index (κ1) is 20.8. The van der Waals surface area contributed by atoms with Crippen LogP contribution in [0.15, 0.2) is 56.8 Å². The molecular weight excluding hydrogens is 460 g/mol. The molecule has 2 aromatic heterocycles. The Morgan fingerprint density at radius 1 is 1.21 bits per heavy atom. The van der Waals surface area contributed by atoms with Crippen LogP contribution in [0.3, 0.4) is 0 Å². The second-order valence-corrected chi connectivity index (χ2v) is 10.2. The van der Waals surface area contributed by atoms with Crippen LogP contribution in [0.5, 0.6) is 5.88 Å². The van der Waals surface area contributed by atoms with E-state index in [1.165, 1.54) is 23.1 Å². The van der Waals surface area contributed by atoms with E-state index in [0.29, 0.717) is 18.9 Å². The molecule has 1 N–H and O–H groups in total. The lowest BCUT2D eigenvalue weighted by Gasteiger charge is -2.15. The maximum Gasteiger partial charge on any atom is 0.319 e. The van der Waals surface area contributed by atoms with Gasteiger partial charge in [-0.1, -0.05) is 39.8 Å². The lowest BCUT2D eigenvalue weighted by atomic mass is 10.1. The second-order valence-electron chi connectivity index (χ2n) is 6.51. The summed E-state index contributed by atoms with van der Waals surface area (Å²) in [4.78, 5) is 20.1. The van der Waals surface area contributed by atoms with E-state index in [2.05, 4.69) is 25.9 Å². The van der Waals surface area contributed by atoms with Crippen molar-refractivity contribution in [1.29, 1.82) is 0 Å². The van der Waals surface area contributed by atoms with Crippen molar-refractivity contribution in [3.05, 3.63) is 58.1 Å². The van der Waals surface area contributed by atoms with Gasteiger partial charge in [0.15, 0.2) is 4.34 Å². The number of aromatic nitrogens is 2. The average Bonchev–Trinajstić information content (AvgIpc) is 3.09. The summed E-state index contributed by atoms with van der Waals surface area (Å²) in [6.45, 7) is 3.81. The molecule has 5 nitrogen and oxygen atoms in total. The number of rotatable bonds is 8. The highest BCUT2D eigenvalue weighted by atomic mass is 79.9. The number of carboxylic acids is 1. The van der Waals surface area contributed by atoms with Crippen LogP contribution in [-0.4, -0.2) is 32.4 Å². The van der Waals surface area contributed by atoms with E-state index in [0.717, 1.165) is 25.6 Å². The van der Waals surface area contributed by atoms with Gasteiger partial charge in [-0.15, -0.1) is 11.3 Å². The van der Waals surface area contributed by atoms with Crippen LogP contribution in [-0.2, 0) is 11.2 Å². The minimum atomic E-state index is -0.897. The smallest absolute Gasteiger partial charge is 0.319 e. The Balaban J connectivity index is 1.51. The van der Waals surface area contributed by atoms with Crippen LogP contribution in [0, 0.1) is 0 Å². The summed E-state index contributed by atoms with van der Waals surface area (Å²) < 4.78 is 6.61. The van der Waals surface area contributed by atoms with Gasteiger partial charge in [0.2, 0.25) is 5.88 Å². The minimum Gasteiger partial charge on any atom is -0.480 e. The molecule has 0 aliphatic rings. The maximum absolute atomic E-state index is 11.2. The topological polar surface area (TPSA) is 72.3 Å². The lowest BCUT2D eigenvalue weighted by molar-refractivity contribution is -0.138. The quantitative estimate of drug-likeness (QED) is 0.428. The molecule has 0 fully saturated rings. The number of aliphatic carboxylic acids is 1. The van der Waals surface area contributed by atoms with Gasteiger partial charge in [-0.2, -0.15) is 0 Å². The first-order valence-corrected chi connectivity index (χ1v) is 11.0. The number of carbonyl (C=O) groups is 1. The number of halogens is 1. The van der Waals surface area contributed by atoms with Crippen molar-refractivity contribution < 1.29 is 14.6 Å². The highest BCUT2D eigenvalue weighted by Crippen LogP contribution is 2.34. The van der Waals surface area contributed by atoms with Gasteiger partial charge in [-0.3, -0.25) is 4.79 Å². The van der Waals surface area contributed by atoms with Gasteiger partial charge in [0.1, 0.15) is 4.75 Å². The third kappa shape index (κ3) is 5.56. The van der Waals surface area contributed by atoms with Crippen LogP contribution >= 0.6 is 39.0 Å². The third-order valence-corrected chi connectivity index (χ3v) is 6.61. The molecule has 0 saturated carbocycles. The van der Waals surface area contributed by atoms with Crippen LogP contribution in [0.2, 0.25) is 0 Å². The second kappa shape index (κ2) is 9.07. The van der Waals surface area contributed by atoms with Crippen molar-refractivity contribution in [3.8, 4) is 17.0 Å². The number of hydrogen-bond acceptors (Lipinski definition) is 6. The Bertz CT molecular complexity index is 941. The average molecular weight is 479 g/mol.